The molecule has 2 rings (SSSR count). The normalized spacial score (nSPS) is 10.0. The second-order valence-corrected chi connectivity index (χ2v) is 6.28. The highest BCUT2D eigenvalue weighted by Gasteiger charge is 2.15. The Balaban J connectivity index is 1.72. The highest BCUT2D eigenvalue weighted by Crippen LogP contribution is 2.14. The lowest BCUT2D eigenvalue weighted by Gasteiger charge is -2.08. The Hall–Kier alpha value is -3.79. The number of non-ortho nitro benzene ring substituents is 1. The van der Waals surface area contributed by atoms with Crippen LogP contribution in [0.5, 0.6) is 0 Å². The molecule has 11 heteroatoms. The molecule has 0 spiro atoms. The van der Waals surface area contributed by atoms with Crippen molar-refractivity contribution < 1.29 is 28.8 Å². The third-order valence-electron chi connectivity index (χ3n) is 3.73. The first-order valence-corrected chi connectivity index (χ1v) is 8.92. The topological polar surface area (TPSA) is 145 Å². The summed E-state index contributed by atoms with van der Waals surface area (Å²) in [4.78, 5) is 57.4. The van der Waals surface area contributed by atoms with Crippen molar-refractivity contribution in [2.45, 2.75) is 12.8 Å². The van der Waals surface area contributed by atoms with Gasteiger partial charge in [-0.15, -0.1) is 0 Å². The zero-order valence-electron chi connectivity index (χ0n) is 15.4. The number of ketones is 1. The molecule has 2 aromatic rings. The van der Waals surface area contributed by atoms with Gasteiger partial charge in [0.25, 0.3) is 11.6 Å². The van der Waals surface area contributed by atoms with Crippen LogP contribution in [-0.4, -0.2) is 35.1 Å². The number of nitro groups is 1. The van der Waals surface area contributed by atoms with Crippen molar-refractivity contribution in [3.63, 3.8) is 0 Å². The number of amides is 2. The van der Waals surface area contributed by atoms with Crippen LogP contribution >= 0.6 is 11.6 Å². The fourth-order valence-electron chi connectivity index (χ4n) is 2.21. The number of ether oxygens (including phenoxy) is 1. The summed E-state index contributed by atoms with van der Waals surface area (Å²) < 4.78 is 4.78. The van der Waals surface area contributed by atoms with Gasteiger partial charge in [-0.2, -0.15) is 0 Å². The molecule has 30 heavy (non-hydrogen) atoms. The lowest BCUT2D eigenvalue weighted by Crippen LogP contribution is -2.41. The van der Waals surface area contributed by atoms with E-state index in [0.717, 1.165) is 6.07 Å². The molecule has 0 bridgehead atoms. The number of hydrogen-bond donors (Lipinski definition) is 2. The van der Waals surface area contributed by atoms with Crippen molar-refractivity contribution in [2.75, 3.05) is 6.61 Å². The van der Waals surface area contributed by atoms with Gasteiger partial charge in [0.2, 0.25) is 11.7 Å². The van der Waals surface area contributed by atoms with Crippen LogP contribution in [0.15, 0.2) is 48.5 Å². The van der Waals surface area contributed by atoms with Crippen LogP contribution in [0.1, 0.15) is 33.6 Å². The number of carbonyl (C=O) groups is 4. The van der Waals surface area contributed by atoms with Gasteiger partial charge in [0.15, 0.2) is 6.61 Å². The standard InChI is InChI=1S/C19H16ClN3O7/c20-15-7-2-1-6-14(15)19(27)22-21-17(25)8-9-18(26)30-11-16(24)12-4-3-5-13(10-12)23(28)29/h1-7,10H,8-9,11H2,(H,21,25)(H,22,27). The summed E-state index contributed by atoms with van der Waals surface area (Å²) in [6.45, 7) is -0.620. The van der Waals surface area contributed by atoms with E-state index in [9.17, 15) is 29.3 Å². The van der Waals surface area contributed by atoms with Crippen LogP contribution in [0.3, 0.4) is 0 Å². The maximum atomic E-state index is 12.0. The molecule has 10 nitrogen and oxygen atoms in total. The molecule has 0 unspecified atom stereocenters. The Morgan fingerprint density at radius 3 is 2.43 bits per heavy atom. The van der Waals surface area contributed by atoms with Crippen molar-refractivity contribution in [2.24, 2.45) is 0 Å². The van der Waals surface area contributed by atoms with Crippen LogP contribution < -0.4 is 10.9 Å². The van der Waals surface area contributed by atoms with E-state index in [1.54, 1.807) is 12.1 Å². The Morgan fingerprint density at radius 1 is 1.00 bits per heavy atom. The summed E-state index contributed by atoms with van der Waals surface area (Å²) in [6, 6.07) is 11.2. The Kier molecular flexibility index (Phi) is 8.00. The minimum atomic E-state index is -0.818. The minimum Gasteiger partial charge on any atom is -0.457 e. The molecule has 0 aliphatic heterocycles. The fourth-order valence-corrected chi connectivity index (χ4v) is 2.43. The van der Waals surface area contributed by atoms with Gasteiger partial charge in [0, 0.05) is 24.1 Å². The number of carbonyl (C=O) groups excluding carboxylic acids is 4. The number of halogens is 1. The van der Waals surface area contributed by atoms with Crippen molar-refractivity contribution in [1.29, 1.82) is 0 Å². The first-order chi connectivity index (χ1) is 14.3. The summed E-state index contributed by atoms with van der Waals surface area (Å²) in [5, 5.41) is 10.9. The predicted molar refractivity (Wildman–Crippen MR) is 105 cm³/mol. The second kappa shape index (κ2) is 10.7. The van der Waals surface area contributed by atoms with E-state index < -0.39 is 35.1 Å². The SMILES string of the molecule is O=C(CCC(=O)OCC(=O)c1cccc([N+](=O)[O-])c1)NNC(=O)c1ccccc1Cl. The molecule has 0 saturated heterocycles. The number of nitrogens with one attached hydrogen (secondary N) is 2. The third kappa shape index (κ3) is 6.67. The van der Waals surface area contributed by atoms with E-state index in [1.807, 2.05) is 0 Å². The van der Waals surface area contributed by atoms with Gasteiger partial charge in [0.05, 0.1) is 21.9 Å². The largest absolute Gasteiger partial charge is 0.457 e. The third-order valence-corrected chi connectivity index (χ3v) is 4.06. The smallest absolute Gasteiger partial charge is 0.306 e. The molecule has 156 valence electrons. The lowest BCUT2D eigenvalue weighted by atomic mass is 10.1. The molecular weight excluding hydrogens is 418 g/mol. The van der Waals surface area contributed by atoms with E-state index in [-0.39, 0.29) is 34.7 Å². The molecule has 0 heterocycles. The minimum absolute atomic E-state index is 0.0250. The zero-order chi connectivity index (χ0) is 22.1. The van der Waals surface area contributed by atoms with Crippen molar-refractivity contribution in [1.82, 2.24) is 10.9 Å². The summed E-state index contributed by atoms with van der Waals surface area (Å²) in [5.41, 5.74) is 4.23. The average Bonchev–Trinajstić information content (AvgIpc) is 2.74. The number of Topliss-reactive ketones (excluding diaryl/α,β-unsaturated/α-hetero) is 1. The first kappa shape index (κ1) is 22.5. The number of nitrogens with zero attached hydrogens (tertiary/aromatic N) is 1. The fraction of sp³-hybridized carbons (Fsp3) is 0.158. The van der Waals surface area contributed by atoms with Crippen LogP contribution in [0, 0.1) is 10.1 Å². The molecule has 2 amide bonds. The average molecular weight is 434 g/mol. The number of hydrogen-bond acceptors (Lipinski definition) is 7. The van der Waals surface area contributed by atoms with E-state index in [1.165, 1.54) is 30.3 Å². The number of benzene rings is 2. The summed E-state index contributed by atoms with van der Waals surface area (Å²) in [6.07, 6.45) is -0.636. The van der Waals surface area contributed by atoms with Gasteiger partial charge in [-0.1, -0.05) is 35.9 Å². The molecule has 0 aliphatic rings. The zero-order valence-corrected chi connectivity index (χ0v) is 16.2. The van der Waals surface area contributed by atoms with Crippen molar-refractivity contribution >= 4 is 40.9 Å². The molecule has 2 aromatic carbocycles. The number of nitro benzene ring substituents is 1. The predicted octanol–water partition coefficient (Wildman–Crippen LogP) is 2.22. The van der Waals surface area contributed by atoms with E-state index >= 15 is 0 Å². The molecule has 0 aliphatic carbocycles. The van der Waals surface area contributed by atoms with Crippen LogP contribution in [0.2, 0.25) is 5.02 Å². The van der Waals surface area contributed by atoms with Gasteiger partial charge < -0.3 is 4.74 Å². The van der Waals surface area contributed by atoms with E-state index in [0.29, 0.717) is 0 Å². The number of esters is 1. The van der Waals surface area contributed by atoms with Gasteiger partial charge in [0.1, 0.15) is 0 Å². The van der Waals surface area contributed by atoms with Crippen LogP contribution in [-0.2, 0) is 14.3 Å². The molecule has 2 N–H and O–H groups in total. The highest BCUT2D eigenvalue weighted by atomic mass is 35.5. The van der Waals surface area contributed by atoms with Gasteiger partial charge in [-0.05, 0) is 12.1 Å². The number of rotatable bonds is 8. The van der Waals surface area contributed by atoms with Gasteiger partial charge in [-0.25, -0.2) is 0 Å². The molecular formula is C19H16ClN3O7. The Labute approximate surface area is 175 Å². The van der Waals surface area contributed by atoms with Gasteiger partial charge >= 0.3 is 5.97 Å². The van der Waals surface area contributed by atoms with Crippen molar-refractivity contribution in [3.8, 4) is 0 Å². The monoisotopic (exact) mass is 433 g/mol. The molecule has 0 fully saturated rings. The maximum absolute atomic E-state index is 12.0. The summed E-state index contributed by atoms with van der Waals surface area (Å²) in [5.74, 6) is -2.72. The molecule has 0 atom stereocenters. The molecule has 0 radical (unpaired) electrons. The Bertz CT molecular complexity index is 994. The summed E-state index contributed by atoms with van der Waals surface area (Å²) in [7, 11) is 0. The number of hydrazine groups is 1. The second-order valence-electron chi connectivity index (χ2n) is 5.87. The molecule has 0 saturated carbocycles. The van der Waals surface area contributed by atoms with E-state index in [4.69, 9.17) is 16.3 Å². The lowest BCUT2D eigenvalue weighted by molar-refractivity contribution is -0.384. The van der Waals surface area contributed by atoms with E-state index in [2.05, 4.69) is 10.9 Å². The Morgan fingerprint density at radius 2 is 1.73 bits per heavy atom. The summed E-state index contributed by atoms with van der Waals surface area (Å²) >= 11 is 5.87. The molecule has 0 aromatic heterocycles. The highest BCUT2D eigenvalue weighted by molar-refractivity contribution is 6.33. The van der Waals surface area contributed by atoms with Gasteiger partial charge in [-0.3, -0.25) is 40.1 Å². The first-order valence-electron chi connectivity index (χ1n) is 8.55. The van der Waals surface area contributed by atoms with Crippen molar-refractivity contribution in [3.05, 3.63) is 74.8 Å². The van der Waals surface area contributed by atoms with Crippen LogP contribution in [0.4, 0.5) is 5.69 Å². The quantitative estimate of drug-likeness (QED) is 0.281. The maximum Gasteiger partial charge on any atom is 0.306 e. The van der Waals surface area contributed by atoms with Crippen LogP contribution in [0.25, 0.3) is 0 Å².